The van der Waals surface area contributed by atoms with Gasteiger partial charge in [-0.3, -0.25) is 0 Å². The number of nitrogens with one attached hydrogen (secondary N) is 1. The van der Waals surface area contributed by atoms with Crippen LogP contribution >= 0.6 is 11.6 Å². The number of alkyl halides is 1. The van der Waals surface area contributed by atoms with Crippen LogP contribution in [0.1, 0.15) is 0 Å². The third-order valence-corrected chi connectivity index (χ3v) is 7.93. The van der Waals surface area contributed by atoms with Gasteiger partial charge < -0.3 is 0 Å². The molecule has 0 saturated carbocycles. The summed E-state index contributed by atoms with van der Waals surface area (Å²) in [5, 5.41) is 9.96. The molecule has 0 aliphatic carbocycles. The molecule has 2 aromatic rings. The number of methoxy groups -OCH3 is 1. The first-order chi connectivity index (χ1) is 10.9. The van der Waals surface area contributed by atoms with Crippen LogP contribution in [-0.2, 0) is 10.0 Å². The van der Waals surface area contributed by atoms with Crippen LogP contribution in [-0.4, -0.2) is 31.3 Å². The number of hydrogen-bond acceptors (Lipinski definition) is 4. The zero-order chi connectivity index (χ0) is 16.9. The summed E-state index contributed by atoms with van der Waals surface area (Å²) in [5.74, 6) is 0.736. The molecule has 0 aromatic heterocycles. The van der Waals surface area contributed by atoms with Crippen molar-refractivity contribution in [1.29, 1.82) is 0 Å². The fraction of sp³-hybridized carbons (Fsp3) is 0.200. The topological polar surface area (TPSA) is 75.6 Å². The van der Waals surface area contributed by atoms with Crippen molar-refractivity contribution < 1.29 is 39.5 Å². The number of ether oxygens (including phenoxy) is 1. The van der Waals surface area contributed by atoms with E-state index in [9.17, 15) is 13.5 Å². The van der Waals surface area contributed by atoms with E-state index in [0.29, 0.717) is 5.02 Å². The molecular formula is C15H16ClINO4S-. The molecule has 2 N–H and O–H groups in total. The second kappa shape index (κ2) is 8.29. The van der Waals surface area contributed by atoms with Gasteiger partial charge >= 0.3 is 151 Å². The number of sulfonamides is 1. The fourth-order valence-electron chi connectivity index (χ4n) is 1.74. The Morgan fingerprint density at radius 2 is 1.78 bits per heavy atom. The Hall–Kier alpha value is -0.870. The van der Waals surface area contributed by atoms with Crippen molar-refractivity contribution >= 4 is 21.6 Å². The molecule has 0 radical (unpaired) electrons. The Labute approximate surface area is 150 Å². The molecule has 0 saturated heterocycles. The first-order valence-electron chi connectivity index (χ1n) is 6.61. The number of aliphatic hydroxyl groups is 1. The maximum atomic E-state index is 12.3. The van der Waals surface area contributed by atoms with Crippen LogP contribution in [0.2, 0.25) is 5.02 Å². The van der Waals surface area contributed by atoms with E-state index >= 15 is 0 Å². The zero-order valence-electron chi connectivity index (χ0n) is 12.2. The molecule has 0 amide bonds. The van der Waals surface area contributed by atoms with E-state index in [2.05, 4.69) is 4.72 Å². The van der Waals surface area contributed by atoms with Gasteiger partial charge in [-0.05, 0) is 0 Å². The van der Waals surface area contributed by atoms with Crippen LogP contribution in [0.3, 0.4) is 0 Å². The molecule has 23 heavy (non-hydrogen) atoms. The SMILES string of the molecule is COc1ccc([I-][C@@H](CO)NS(=O)(=O)c2ccc(Cl)cc2)cc1. The average Bonchev–Trinajstić information content (AvgIpc) is 2.55. The molecule has 0 fully saturated rings. The van der Waals surface area contributed by atoms with E-state index in [-0.39, 0.29) is 11.5 Å². The molecule has 1 atom stereocenters. The molecule has 0 unspecified atom stereocenters. The molecule has 0 bridgehead atoms. The van der Waals surface area contributed by atoms with Crippen LogP contribution in [0.4, 0.5) is 0 Å². The number of halogens is 2. The Balaban J connectivity index is 2.09. The van der Waals surface area contributed by atoms with Crippen molar-refractivity contribution in [2.75, 3.05) is 13.7 Å². The monoisotopic (exact) mass is 468 g/mol. The first kappa shape index (κ1) is 18.5. The number of rotatable bonds is 7. The molecule has 0 spiro atoms. The molecule has 0 aliphatic heterocycles. The van der Waals surface area contributed by atoms with Crippen molar-refractivity contribution in [2.45, 2.75) is 8.94 Å². The summed E-state index contributed by atoms with van der Waals surface area (Å²) < 4.78 is 32.8. The minimum atomic E-state index is -3.69. The van der Waals surface area contributed by atoms with Gasteiger partial charge in [0.25, 0.3) is 0 Å². The van der Waals surface area contributed by atoms with E-state index in [4.69, 9.17) is 16.3 Å². The van der Waals surface area contributed by atoms with Crippen molar-refractivity contribution in [3.8, 4) is 5.75 Å². The molecule has 126 valence electrons. The van der Waals surface area contributed by atoms with Gasteiger partial charge in [-0.15, -0.1) is 0 Å². The van der Waals surface area contributed by atoms with E-state index in [1.165, 1.54) is 24.3 Å². The van der Waals surface area contributed by atoms with Crippen LogP contribution in [0, 0.1) is 3.57 Å². The molecule has 0 heterocycles. The summed E-state index contributed by atoms with van der Waals surface area (Å²) in [5.41, 5.74) is 0. The standard InChI is InChI=1S/C15H16ClINO4S/c1-22-13-6-4-12(5-7-13)17-15(10-19)18-23(20,21)14-8-2-11(16)3-9-14/h2-9,15,18-19H,10H2,1H3/q-1/t15-/m1/s1. The van der Waals surface area contributed by atoms with Crippen molar-refractivity contribution in [3.63, 3.8) is 0 Å². The predicted octanol–water partition coefficient (Wildman–Crippen LogP) is -1.10. The minimum absolute atomic E-state index is 0.124. The first-order valence-corrected chi connectivity index (χ1v) is 10.8. The summed E-state index contributed by atoms with van der Waals surface area (Å²) in [6.07, 6.45) is 0. The van der Waals surface area contributed by atoms with E-state index in [1.807, 2.05) is 24.3 Å². The summed E-state index contributed by atoms with van der Waals surface area (Å²) >= 11 is 5.02. The molecule has 2 rings (SSSR count). The van der Waals surface area contributed by atoms with Crippen LogP contribution in [0.5, 0.6) is 5.75 Å². The fourth-order valence-corrected chi connectivity index (χ4v) is 6.18. The quantitative estimate of drug-likeness (QED) is 0.308. The average molecular weight is 469 g/mol. The second-order valence-corrected chi connectivity index (χ2v) is 10.0. The summed E-state index contributed by atoms with van der Waals surface area (Å²) in [6, 6.07) is 13.3. The normalized spacial score (nSPS) is 13.0. The van der Waals surface area contributed by atoms with Crippen molar-refractivity contribution in [2.24, 2.45) is 0 Å². The van der Waals surface area contributed by atoms with E-state index < -0.39 is 35.3 Å². The predicted molar refractivity (Wildman–Crippen MR) is 84.3 cm³/mol. The van der Waals surface area contributed by atoms with Crippen LogP contribution in [0.15, 0.2) is 53.4 Å². The van der Waals surface area contributed by atoms with Crippen molar-refractivity contribution in [3.05, 3.63) is 57.1 Å². The second-order valence-electron chi connectivity index (χ2n) is 4.49. The molecule has 8 heteroatoms. The van der Waals surface area contributed by atoms with Gasteiger partial charge in [-0.25, -0.2) is 0 Å². The Morgan fingerprint density at radius 1 is 1.17 bits per heavy atom. The molecule has 2 aromatic carbocycles. The van der Waals surface area contributed by atoms with Crippen LogP contribution in [0.25, 0.3) is 0 Å². The Bertz CT molecular complexity index is 735. The number of hydrogen-bond donors (Lipinski definition) is 2. The summed E-state index contributed by atoms with van der Waals surface area (Å²) in [4.78, 5) is 0.124. The van der Waals surface area contributed by atoms with Gasteiger partial charge in [0.2, 0.25) is 0 Å². The molecule has 0 aliphatic rings. The summed E-state index contributed by atoms with van der Waals surface area (Å²) in [7, 11) is -2.10. The van der Waals surface area contributed by atoms with Gasteiger partial charge in [0.05, 0.1) is 0 Å². The van der Waals surface area contributed by atoms with E-state index in [1.54, 1.807) is 7.11 Å². The molecular weight excluding hydrogens is 453 g/mol. The number of benzene rings is 2. The van der Waals surface area contributed by atoms with Crippen LogP contribution < -0.4 is 30.7 Å². The van der Waals surface area contributed by atoms with E-state index in [0.717, 1.165) is 9.32 Å². The van der Waals surface area contributed by atoms with Gasteiger partial charge in [0, 0.05) is 0 Å². The third-order valence-electron chi connectivity index (χ3n) is 2.87. The third kappa shape index (κ3) is 5.32. The van der Waals surface area contributed by atoms with Gasteiger partial charge in [0.15, 0.2) is 0 Å². The Morgan fingerprint density at radius 3 is 2.30 bits per heavy atom. The van der Waals surface area contributed by atoms with Gasteiger partial charge in [-0.2, -0.15) is 0 Å². The Kier molecular flexibility index (Phi) is 6.66. The molecule has 5 nitrogen and oxygen atoms in total. The summed E-state index contributed by atoms with van der Waals surface area (Å²) in [6.45, 7) is -0.258. The maximum absolute atomic E-state index is 12.3. The van der Waals surface area contributed by atoms with Crippen molar-refractivity contribution in [1.82, 2.24) is 4.72 Å². The number of aliphatic hydroxyl groups excluding tert-OH is 1. The van der Waals surface area contributed by atoms with Gasteiger partial charge in [0.1, 0.15) is 0 Å². The van der Waals surface area contributed by atoms with Gasteiger partial charge in [-0.1, -0.05) is 0 Å². The zero-order valence-corrected chi connectivity index (χ0v) is 16.0.